The van der Waals surface area contributed by atoms with Crippen LogP contribution in [0, 0.1) is 0 Å². The van der Waals surface area contributed by atoms with Crippen molar-refractivity contribution >= 4 is 34.2 Å². The first-order valence-electron chi connectivity index (χ1n) is 7.44. The first kappa shape index (κ1) is 18.0. The smallest absolute Gasteiger partial charge is 0.256 e. The Kier molecular flexibility index (Phi) is 5.49. The van der Waals surface area contributed by atoms with Gasteiger partial charge in [-0.15, -0.1) is 16.8 Å². The number of carbonyl (C=O) groups excluding carboxylic acids is 1. The topological polar surface area (TPSA) is 82.1 Å². The number of rotatable bonds is 2. The number of hydrogen-bond donors (Lipinski definition) is 1. The molecule has 128 valence electrons. The van der Waals surface area contributed by atoms with Gasteiger partial charge in [-0.2, -0.15) is 0 Å². The molecule has 0 aromatic rings. The lowest BCUT2D eigenvalue weighted by molar-refractivity contribution is -0.128. The molecule has 0 aliphatic carbocycles. The van der Waals surface area contributed by atoms with Crippen molar-refractivity contribution in [2.24, 2.45) is 4.40 Å². The van der Waals surface area contributed by atoms with Crippen LogP contribution in [0.3, 0.4) is 0 Å². The second kappa shape index (κ2) is 7.02. The summed E-state index contributed by atoms with van der Waals surface area (Å²) in [5, 5.41) is 3.22. The SMILES string of the molecule is CNC1CCCN(C(=O)C2=CN3CCS(=O)(=O)N=C3C=C2)C1.Cl. The van der Waals surface area contributed by atoms with Crippen LogP contribution in [0.2, 0.25) is 0 Å². The Morgan fingerprint density at radius 2 is 2.13 bits per heavy atom. The Hall–Kier alpha value is -1.38. The van der Waals surface area contributed by atoms with Gasteiger partial charge < -0.3 is 15.1 Å². The Morgan fingerprint density at radius 3 is 2.87 bits per heavy atom. The highest BCUT2D eigenvalue weighted by Gasteiger charge is 2.28. The van der Waals surface area contributed by atoms with Gasteiger partial charge in [0, 0.05) is 31.9 Å². The fourth-order valence-electron chi connectivity index (χ4n) is 2.91. The van der Waals surface area contributed by atoms with Crippen LogP contribution in [0.15, 0.2) is 28.3 Å². The molecule has 0 bridgehead atoms. The Labute approximate surface area is 142 Å². The Morgan fingerprint density at radius 1 is 1.35 bits per heavy atom. The van der Waals surface area contributed by atoms with Crippen molar-refractivity contribution in [2.75, 3.05) is 32.4 Å². The molecule has 1 amide bonds. The normalized spacial score (nSPS) is 25.9. The van der Waals surface area contributed by atoms with Gasteiger partial charge >= 0.3 is 0 Å². The number of halogens is 1. The summed E-state index contributed by atoms with van der Waals surface area (Å²) in [6.07, 6.45) is 7.03. The molecule has 0 aromatic carbocycles. The molecule has 1 saturated heterocycles. The number of piperidine rings is 1. The molecular weight excluding hydrogens is 340 g/mol. The van der Waals surface area contributed by atoms with Crippen molar-refractivity contribution in [1.29, 1.82) is 0 Å². The van der Waals surface area contributed by atoms with Gasteiger partial charge in [-0.1, -0.05) is 0 Å². The van der Waals surface area contributed by atoms with Crippen LogP contribution < -0.4 is 5.32 Å². The average Bonchev–Trinajstić information content (AvgIpc) is 2.53. The van der Waals surface area contributed by atoms with Crippen LogP contribution in [0.25, 0.3) is 0 Å². The molecule has 0 aromatic heterocycles. The maximum atomic E-state index is 12.6. The molecular formula is C14H21ClN4O3S. The number of carbonyl (C=O) groups is 1. The first-order chi connectivity index (χ1) is 10.5. The molecule has 23 heavy (non-hydrogen) atoms. The molecule has 0 spiro atoms. The van der Waals surface area contributed by atoms with Gasteiger partial charge in [0.2, 0.25) is 0 Å². The fourth-order valence-corrected chi connectivity index (χ4v) is 3.88. The largest absolute Gasteiger partial charge is 0.337 e. The first-order valence-corrected chi connectivity index (χ1v) is 9.05. The van der Waals surface area contributed by atoms with Gasteiger partial charge in [-0.25, -0.2) is 8.42 Å². The number of amidine groups is 1. The van der Waals surface area contributed by atoms with E-state index in [0.717, 1.165) is 19.4 Å². The number of hydrogen-bond acceptors (Lipinski definition) is 5. The number of likely N-dealkylation sites (N-methyl/N-ethyl adjacent to an activating group) is 1. The second-order valence-corrected chi connectivity index (χ2v) is 7.48. The number of amides is 1. The van der Waals surface area contributed by atoms with E-state index in [1.165, 1.54) is 0 Å². The lowest BCUT2D eigenvalue weighted by Gasteiger charge is -2.34. The molecule has 7 nitrogen and oxygen atoms in total. The van der Waals surface area contributed by atoms with Gasteiger partial charge in [-0.3, -0.25) is 4.79 Å². The molecule has 0 radical (unpaired) electrons. The third-order valence-corrected chi connectivity index (χ3v) is 5.35. The Balaban J connectivity index is 0.00000192. The van der Waals surface area contributed by atoms with E-state index < -0.39 is 10.0 Å². The predicted molar refractivity (Wildman–Crippen MR) is 91.1 cm³/mol. The minimum Gasteiger partial charge on any atom is -0.337 e. The summed E-state index contributed by atoms with van der Waals surface area (Å²) < 4.78 is 26.7. The average molecular weight is 361 g/mol. The summed E-state index contributed by atoms with van der Waals surface area (Å²) >= 11 is 0. The monoisotopic (exact) mass is 360 g/mol. The highest BCUT2D eigenvalue weighted by atomic mass is 35.5. The number of likely N-dealkylation sites (tertiary alicyclic amines) is 1. The van der Waals surface area contributed by atoms with Crippen LogP contribution in [0.4, 0.5) is 0 Å². The number of sulfonamides is 1. The molecule has 3 aliphatic heterocycles. The van der Waals surface area contributed by atoms with E-state index in [0.29, 0.717) is 30.5 Å². The third-order valence-electron chi connectivity index (χ3n) is 4.19. The van der Waals surface area contributed by atoms with Crippen LogP contribution in [-0.4, -0.2) is 68.4 Å². The lowest BCUT2D eigenvalue weighted by Crippen LogP contribution is -2.47. The molecule has 3 rings (SSSR count). The van der Waals surface area contributed by atoms with E-state index in [9.17, 15) is 13.2 Å². The van der Waals surface area contributed by atoms with Crippen LogP contribution in [0.1, 0.15) is 12.8 Å². The number of nitrogens with zero attached hydrogens (tertiary/aromatic N) is 3. The minimum atomic E-state index is -3.36. The van der Waals surface area contributed by atoms with E-state index >= 15 is 0 Å². The maximum Gasteiger partial charge on any atom is 0.256 e. The fraction of sp³-hybridized carbons (Fsp3) is 0.571. The van der Waals surface area contributed by atoms with Gasteiger partial charge in [0.1, 0.15) is 5.84 Å². The van der Waals surface area contributed by atoms with Gasteiger partial charge in [0.15, 0.2) is 0 Å². The molecule has 1 atom stereocenters. The van der Waals surface area contributed by atoms with Crippen LogP contribution in [0.5, 0.6) is 0 Å². The molecule has 3 heterocycles. The van der Waals surface area contributed by atoms with Crippen molar-refractivity contribution in [3.05, 3.63) is 23.9 Å². The van der Waals surface area contributed by atoms with Gasteiger partial charge in [-0.05, 0) is 32.0 Å². The summed E-state index contributed by atoms with van der Waals surface area (Å²) in [6.45, 7) is 1.80. The minimum absolute atomic E-state index is 0. The number of nitrogens with one attached hydrogen (secondary N) is 1. The highest BCUT2D eigenvalue weighted by molar-refractivity contribution is 7.90. The van der Waals surface area contributed by atoms with Crippen molar-refractivity contribution in [3.63, 3.8) is 0 Å². The molecule has 1 unspecified atom stereocenters. The molecule has 3 aliphatic rings. The van der Waals surface area contributed by atoms with Crippen LogP contribution >= 0.6 is 12.4 Å². The van der Waals surface area contributed by atoms with Crippen molar-refractivity contribution in [3.8, 4) is 0 Å². The second-order valence-electron chi connectivity index (χ2n) is 5.73. The van der Waals surface area contributed by atoms with Crippen LogP contribution in [-0.2, 0) is 14.8 Å². The van der Waals surface area contributed by atoms with Crippen molar-refractivity contribution in [2.45, 2.75) is 18.9 Å². The molecule has 1 fully saturated rings. The summed E-state index contributed by atoms with van der Waals surface area (Å²) in [7, 11) is -1.45. The van der Waals surface area contributed by atoms with Crippen molar-refractivity contribution in [1.82, 2.24) is 15.1 Å². The van der Waals surface area contributed by atoms with E-state index in [1.807, 2.05) is 11.9 Å². The zero-order valence-corrected chi connectivity index (χ0v) is 14.6. The summed E-state index contributed by atoms with van der Waals surface area (Å²) in [4.78, 5) is 16.2. The summed E-state index contributed by atoms with van der Waals surface area (Å²) in [6, 6.07) is 0.336. The summed E-state index contributed by atoms with van der Waals surface area (Å²) in [5.74, 6) is 0.353. The van der Waals surface area contributed by atoms with E-state index in [1.54, 1.807) is 23.3 Å². The zero-order chi connectivity index (χ0) is 15.7. The Bertz CT molecular complexity index is 672. The zero-order valence-electron chi connectivity index (χ0n) is 12.9. The van der Waals surface area contributed by atoms with Gasteiger partial charge in [0.25, 0.3) is 15.9 Å². The maximum absolute atomic E-state index is 12.6. The predicted octanol–water partition coefficient (Wildman–Crippen LogP) is 0.116. The molecule has 1 N–H and O–H groups in total. The van der Waals surface area contributed by atoms with E-state index in [2.05, 4.69) is 9.71 Å². The van der Waals surface area contributed by atoms with Crippen molar-refractivity contribution < 1.29 is 13.2 Å². The summed E-state index contributed by atoms with van der Waals surface area (Å²) in [5.41, 5.74) is 0.579. The van der Waals surface area contributed by atoms with Gasteiger partial charge in [0.05, 0.1) is 11.3 Å². The standard InChI is InChI=1S/C14H20N4O3S.ClH/c1-15-12-3-2-6-18(10-12)14(19)11-4-5-13-16-22(20,21)8-7-17(13)9-11;/h4-5,9,12,15H,2-3,6-8,10H2,1H3;1H. The quantitative estimate of drug-likeness (QED) is 0.756. The number of fused-ring (bicyclic) bond motifs is 1. The third kappa shape index (κ3) is 3.94. The highest BCUT2D eigenvalue weighted by Crippen LogP contribution is 2.19. The lowest BCUT2D eigenvalue weighted by atomic mass is 10.0. The molecule has 0 saturated carbocycles. The van der Waals surface area contributed by atoms with E-state index in [-0.39, 0.29) is 24.1 Å². The molecule has 9 heteroatoms. The van der Waals surface area contributed by atoms with E-state index in [4.69, 9.17) is 0 Å².